The number of carbonyl (C=O) groups excluding carboxylic acids is 3. The number of rotatable bonds is 11. The van der Waals surface area contributed by atoms with Crippen LogP contribution in [0.25, 0.3) is 10.9 Å². The van der Waals surface area contributed by atoms with Gasteiger partial charge in [0, 0.05) is 40.8 Å². The second-order valence-corrected chi connectivity index (χ2v) is 18.8. The largest absolute Gasteiger partial charge is 0.496 e. The molecule has 294 valence electrons. The van der Waals surface area contributed by atoms with Gasteiger partial charge in [-0.1, -0.05) is 45.9 Å². The number of alkyl carbamates (subject to hydrolysis) is 1. The molecule has 0 radical (unpaired) electrons. The molecule has 2 aromatic rings. The topological polar surface area (TPSA) is 143 Å². The van der Waals surface area contributed by atoms with Crippen LogP contribution in [-0.2, 0) is 14.3 Å². The van der Waals surface area contributed by atoms with Crippen LogP contribution < -0.4 is 25.4 Å². The lowest BCUT2D eigenvalue weighted by atomic mass is 9.85. The minimum absolute atomic E-state index is 0.117. The molecule has 4 fully saturated rings. The van der Waals surface area contributed by atoms with Crippen LogP contribution in [0.1, 0.15) is 104 Å². The number of amides is 3. The maximum absolute atomic E-state index is 14.7. The van der Waals surface area contributed by atoms with Gasteiger partial charge in [0.1, 0.15) is 41.8 Å². The summed E-state index contributed by atoms with van der Waals surface area (Å²) in [7, 11) is 1.65. The number of likely N-dealkylation sites (tertiary alicyclic amines) is 1. The molecular formula is C41H58N6O6S. The van der Waals surface area contributed by atoms with Crippen molar-refractivity contribution in [2.45, 2.75) is 136 Å². The summed E-state index contributed by atoms with van der Waals surface area (Å²) in [5.74, 6) is 3.28. The number of nitrogens with zero attached hydrogens (tertiary/aromatic N) is 3. The first-order chi connectivity index (χ1) is 25.6. The molecule has 1 saturated heterocycles. The summed E-state index contributed by atoms with van der Waals surface area (Å²) < 4.78 is 18.3. The second-order valence-electron chi connectivity index (χ2n) is 17.8. The molecule has 1 aromatic heterocycles. The highest BCUT2D eigenvalue weighted by atomic mass is 32.2. The molecule has 3 aliphatic carbocycles. The van der Waals surface area contributed by atoms with E-state index < -0.39 is 29.7 Å². The number of aliphatic imine (C=N–C) groups is 1. The number of thioether (sulfide) groups is 1. The average molecular weight is 763 g/mol. The molecule has 9 atom stereocenters. The van der Waals surface area contributed by atoms with E-state index in [0.717, 1.165) is 64.5 Å². The maximum Gasteiger partial charge on any atom is 0.408 e. The van der Waals surface area contributed by atoms with Crippen LogP contribution in [0.2, 0.25) is 0 Å². The fourth-order valence-corrected chi connectivity index (χ4v) is 9.81. The molecule has 3 heterocycles. The summed E-state index contributed by atoms with van der Waals surface area (Å²) >= 11 is 1.67. The smallest absolute Gasteiger partial charge is 0.408 e. The molecule has 0 bridgehead atoms. The molecule has 4 unspecified atom stereocenters. The third-order valence-electron chi connectivity index (χ3n) is 12.1. The van der Waals surface area contributed by atoms with Crippen LogP contribution >= 0.6 is 11.8 Å². The molecule has 1 aromatic carbocycles. The number of pyridine rings is 1. The number of methoxy groups -OCH3 is 1. The molecule has 7 rings (SSSR count). The van der Waals surface area contributed by atoms with E-state index in [4.69, 9.17) is 24.2 Å². The summed E-state index contributed by atoms with van der Waals surface area (Å²) in [4.78, 5) is 53.8. The monoisotopic (exact) mass is 762 g/mol. The number of ether oxygens (including phenoxy) is 3. The predicted octanol–water partition coefficient (Wildman–Crippen LogP) is 6.29. The van der Waals surface area contributed by atoms with Crippen LogP contribution in [0.3, 0.4) is 0 Å². The van der Waals surface area contributed by atoms with Crippen molar-refractivity contribution < 1.29 is 28.6 Å². The number of amidine groups is 1. The lowest BCUT2D eigenvalue weighted by Crippen LogP contribution is -2.58. The Balaban J connectivity index is 1.17. The summed E-state index contributed by atoms with van der Waals surface area (Å²) in [6.45, 7) is 16.3. The van der Waals surface area contributed by atoms with Gasteiger partial charge in [-0.25, -0.2) is 9.78 Å². The Morgan fingerprint density at radius 3 is 2.46 bits per heavy atom. The van der Waals surface area contributed by atoms with Gasteiger partial charge in [0.05, 0.1) is 24.9 Å². The van der Waals surface area contributed by atoms with E-state index in [9.17, 15) is 14.4 Å². The highest BCUT2D eigenvalue weighted by Gasteiger charge is 2.53. The van der Waals surface area contributed by atoms with Crippen LogP contribution in [-0.4, -0.2) is 88.2 Å². The van der Waals surface area contributed by atoms with E-state index in [1.54, 1.807) is 23.8 Å². The van der Waals surface area contributed by atoms with E-state index in [1.807, 2.05) is 45.9 Å². The van der Waals surface area contributed by atoms with Gasteiger partial charge in [-0.2, -0.15) is 0 Å². The first kappa shape index (κ1) is 38.5. The van der Waals surface area contributed by atoms with Crippen molar-refractivity contribution in [2.24, 2.45) is 28.2 Å². The molecule has 3 saturated carbocycles. The van der Waals surface area contributed by atoms with Crippen LogP contribution in [0.5, 0.6) is 11.5 Å². The summed E-state index contributed by atoms with van der Waals surface area (Å²) in [5.41, 5.74) is 1.48. The maximum atomic E-state index is 14.7. The van der Waals surface area contributed by atoms with Gasteiger partial charge in [0.2, 0.25) is 11.8 Å². The number of aryl methyl sites for hydroxylation is 1. The number of benzene rings is 1. The Labute approximate surface area is 323 Å². The Hall–Kier alpha value is -3.74. The minimum atomic E-state index is -0.912. The molecule has 3 N–H and O–H groups in total. The van der Waals surface area contributed by atoms with Crippen molar-refractivity contribution in [3.63, 3.8) is 0 Å². The third kappa shape index (κ3) is 7.97. The number of hydrogen-bond acceptors (Lipinski definition) is 10. The molecule has 5 aliphatic rings. The van der Waals surface area contributed by atoms with E-state index in [2.05, 4.69) is 43.6 Å². The van der Waals surface area contributed by atoms with Gasteiger partial charge in [-0.3, -0.25) is 14.6 Å². The van der Waals surface area contributed by atoms with Crippen molar-refractivity contribution >= 4 is 45.7 Å². The summed E-state index contributed by atoms with van der Waals surface area (Å²) in [6, 6.07) is 4.21. The zero-order chi connectivity index (χ0) is 38.7. The lowest BCUT2D eigenvalue weighted by Gasteiger charge is -2.35. The van der Waals surface area contributed by atoms with E-state index >= 15 is 0 Å². The van der Waals surface area contributed by atoms with E-state index in [0.29, 0.717) is 29.9 Å². The molecule has 0 spiro atoms. The number of hydrogen-bond donors (Lipinski definition) is 3. The van der Waals surface area contributed by atoms with Gasteiger partial charge in [-0.15, -0.1) is 0 Å². The van der Waals surface area contributed by atoms with Gasteiger partial charge < -0.3 is 35.1 Å². The van der Waals surface area contributed by atoms with Gasteiger partial charge >= 0.3 is 6.09 Å². The zero-order valence-corrected chi connectivity index (χ0v) is 34.1. The highest BCUT2D eigenvalue weighted by Crippen LogP contribution is 2.52. The molecule has 54 heavy (non-hydrogen) atoms. The fraction of sp³-hybridized carbons (Fsp3) is 0.683. The molecular weight excluding hydrogens is 705 g/mol. The van der Waals surface area contributed by atoms with Gasteiger partial charge in [-0.05, 0) is 88.7 Å². The van der Waals surface area contributed by atoms with E-state index in [-0.39, 0.29) is 42.1 Å². The quantitative estimate of drug-likeness (QED) is 0.241. The number of fused-ring (bicyclic) bond motifs is 2. The SMILES string of the molecule is CCC1C[C@@]1(C)NC(=O)[C@@H]1C[C@@H](Oc2cc(C3CSC(NC(C)C)=N3)nc3c(C)c(OC)ccc23)CN1C(=O)C(NC(=O)OC1C[C@@H]2C[C@@H]2C1)C(C)(C)C. The Morgan fingerprint density at radius 2 is 1.81 bits per heavy atom. The zero-order valence-electron chi connectivity index (χ0n) is 33.3. The van der Waals surface area contributed by atoms with Crippen molar-refractivity contribution in [2.75, 3.05) is 19.4 Å². The summed E-state index contributed by atoms with van der Waals surface area (Å²) in [5, 5.41) is 11.3. The Morgan fingerprint density at radius 1 is 1.07 bits per heavy atom. The number of carbonyl (C=O) groups is 3. The second kappa shape index (κ2) is 14.7. The lowest BCUT2D eigenvalue weighted by molar-refractivity contribution is -0.142. The van der Waals surface area contributed by atoms with E-state index in [1.165, 1.54) is 6.42 Å². The molecule has 2 aliphatic heterocycles. The van der Waals surface area contributed by atoms with Crippen LogP contribution in [0.4, 0.5) is 4.79 Å². The standard InChI is InChI=1S/C41H58N6O6S/c1-10-25-18-41(25,8)46-36(48)31-16-27(19-47(31)37(49)35(40(5,6)7)45-39(50)53-26-14-23-13-24(23)15-26)52-33-17-29(30-20-54-38(44-30)42-21(2)3)43-34-22(4)32(51-9)12-11-28(33)34/h11-12,17,21,23-27,30-31,35H,10,13-16,18-20H2,1-9H3,(H,42,44)(H,45,50)(H,46,48)/t23-,24+,25?,26?,27-,30?,31+,35?,41-/m1/s1. The first-order valence-corrected chi connectivity index (χ1v) is 20.8. The van der Waals surface area contributed by atoms with Crippen molar-refractivity contribution in [3.8, 4) is 11.5 Å². The molecule has 13 heteroatoms. The molecule has 12 nitrogen and oxygen atoms in total. The minimum Gasteiger partial charge on any atom is -0.496 e. The Kier molecular flexibility index (Phi) is 10.5. The van der Waals surface area contributed by atoms with Crippen molar-refractivity contribution in [1.82, 2.24) is 25.8 Å². The highest BCUT2D eigenvalue weighted by molar-refractivity contribution is 8.14. The Bertz CT molecular complexity index is 1820. The number of aromatic nitrogens is 1. The third-order valence-corrected chi connectivity index (χ3v) is 13.1. The van der Waals surface area contributed by atoms with Gasteiger partial charge in [0.15, 0.2) is 5.17 Å². The fourth-order valence-electron chi connectivity index (χ4n) is 8.73. The van der Waals surface area contributed by atoms with Crippen LogP contribution in [0, 0.1) is 30.1 Å². The van der Waals surface area contributed by atoms with Crippen LogP contribution in [0.15, 0.2) is 23.2 Å². The normalized spacial score (nSPS) is 30.4. The number of nitrogens with one attached hydrogen (secondary N) is 3. The first-order valence-electron chi connectivity index (χ1n) is 19.8. The van der Waals surface area contributed by atoms with Gasteiger partial charge in [0.25, 0.3) is 0 Å². The average Bonchev–Trinajstić information content (AvgIpc) is 3.70. The summed E-state index contributed by atoms with van der Waals surface area (Å²) in [6.07, 6.45) is 3.96. The molecule has 3 amide bonds. The van der Waals surface area contributed by atoms with Crippen molar-refractivity contribution in [3.05, 3.63) is 29.5 Å². The predicted molar refractivity (Wildman–Crippen MR) is 211 cm³/mol. The van der Waals surface area contributed by atoms with Crippen molar-refractivity contribution in [1.29, 1.82) is 0 Å².